The van der Waals surface area contributed by atoms with Gasteiger partial charge < -0.3 is 14.4 Å². The van der Waals surface area contributed by atoms with Crippen LogP contribution in [0.15, 0.2) is 48.5 Å². The average molecular weight is 395 g/mol. The van der Waals surface area contributed by atoms with E-state index < -0.39 is 0 Å². The minimum Gasteiger partial charge on any atom is -0.475 e. The van der Waals surface area contributed by atoms with Gasteiger partial charge in [0.1, 0.15) is 5.69 Å². The zero-order chi connectivity index (χ0) is 20.3. The van der Waals surface area contributed by atoms with Crippen LogP contribution in [-0.4, -0.2) is 41.1 Å². The molecule has 1 aromatic carbocycles. The molecule has 29 heavy (non-hydrogen) atoms. The van der Waals surface area contributed by atoms with Crippen molar-refractivity contribution >= 4 is 5.91 Å². The third-order valence-electron chi connectivity index (χ3n) is 6.22. The van der Waals surface area contributed by atoms with E-state index in [9.17, 15) is 4.79 Å². The highest BCUT2D eigenvalue weighted by Gasteiger charge is 2.45. The van der Waals surface area contributed by atoms with E-state index in [4.69, 9.17) is 9.47 Å². The van der Waals surface area contributed by atoms with E-state index in [1.54, 1.807) is 6.07 Å². The third kappa shape index (κ3) is 4.15. The number of fused-ring (bicyclic) bond motifs is 2. The van der Waals surface area contributed by atoms with E-state index in [2.05, 4.69) is 36.2 Å². The zero-order valence-electron chi connectivity index (χ0n) is 17.3. The van der Waals surface area contributed by atoms with Gasteiger partial charge >= 0.3 is 0 Å². The quantitative estimate of drug-likeness (QED) is 0.745. The van der Waals surface area contributed by atoms with Crippen molar-refractivity contribution in [1.82, 2.24) is 9.88 Å². The molecule has 3 heterocycles. The van der Waals surface area contributed by atoms with E-state index >= 15 is 0 Å². The first-order chi connectivity index (χ1) is 14.1. The smallest absolute Gasteiger partial charge is 0.272 e. The number of hydrogen-bond acceptors (Lipinski definition) is 4. The summed E-state index contributed by atoms with van der Waals surface area (Å²) in [5, 5.41) is 0. The predicted octanol–water partition coefficient (Wildman–Crippen LogP) is 4.57. The number of amides is 1. The number of pyridine rings is 1. The zero-order valence-corrected chi connectivity index (χ0v) is 17.3. The van der Waals surface area contributed by atoms with Crippen molar-refractivity contribution in [2.24, 2.45) is 0 Å². The van der Waals surface area contributed by atoms with Crippen LogP contribution < -0.4 is 4.74 Å². The Morgan fingerprint density at radius 3 is 2.90 bits per heavy atom. The van der Waals surface area contributed by atoms with E-state index in [1.165, 1.54) is 5.56 Å². The van der Waals surface area contributed by atoms with E-state index in [1.807, 2.05) is 30.0 Å². The van der Waals surface area contributed by atoms with Crippen molar-refractivity contribution in [3.63, 3.8) is 0 Å². The molecule has 5 heteroatoms. The van der Waals surface area contributed by atoms with Crippen LogP contribution in [0.2, 0.25) is 0 Å². The highest BCUT2D eigenvalue weighted by atomic mass is 16.5. The molecule has 1 aromatic heterocycles. The van der Waals surface area contributed by atoms with Gasteiger partial charge in [-0.1, -0.05) is 43.3 Å². The summed E-state index contributed by atoms with van der Waals surface area (Å²) < 4.78 is 12.2. The molecule has 3 atom stereocenters. The number of nitrogens with zero attached hydrogens (tertiary/aromatic N) is 2. The van der Waals surface area contributed by atoms with Crippen LogP contribution in [0.25, 0.3) is 0 Å². The number of piperidine rings is 1. The maximum atomic E-state index is 13.3. The summed E-state index contributed by atoms with van der Waals surface area (Å²) in [5.74, 6) is 0.512. The second-order valence-corrected chi connectivity index (χ2v) is 8.16. The van der Waals surface area contributed by atoms with E-state index in [0.29, 0.717) is 18.1 Å². The minimum atomic E-state index is -0.284. The monoisotopic (exact) mass is 394 g/mol. The molecule has 4 rings (SSSR count). The molecular weight excluding hydrogens is 364 g/mol. The fraction of sp³-hybridized carbons (Fsp3) is 0.500. The Kier molecular flexibility index (Phi) is 5.86. The molecule has 5 nitrogen and oxygen atoms in total. The molecule has 1 amide bonds. The molecule has 2 aliphatic heterocycles. The molecular formula is C24H30N2O3. The van der Waals surface area contributed by atoms with Gasteiger partial charge in [0.05, 0.1) is 11.7 Å². The Balaban J connectivity index is 1.55. The maximum absolute atomic E-state index is 13.3. The number of carbonyl (C=O) groups is 1. The molecule has 0 N–H and O–H groups in total. The molecule has 0 radical (unpaired) electrons. The van der Waals surface area contributed by atoms with Crippen molar-refractivity contribution in [2.45, 2.75) is 63.7 Å². The summed E-state index contributed by atoms with van der Waals surface area (Å²) in [6.07, 6.45) is 4.55. The van der Waals surface area contributed by atoms with Gasteiger partial charge in [-0.2, -0.15) is 0 Å². The van der Waals surface area contributed by atoms with Crippen LogP contribution in [0.4, 0.5) is 0 Å². The first kappa shape index (κ1) is 19.9. The van der Waals surface area contributed by atoms with Crippen molar-refractivity contribution < 1.29 is 14.3 Å². The summed E-state index contributed by atoms with van der Waals surface area (Å²) in [6.45, 7) is 5.50. The first-order valence-corrected chi connectivity index (χ1v) is 10.8. The lowest BCUT2D eigenvalue weighted by Crippen LogP contribution is -2.51. The molecule has 2 aliphatic rings. The lowest BCUT2D eigenvalue weighted by molar-refractivity contribution is -0.0831. The second-order valence-electron chi connectivity index (χ2n) is 8.16. The van der Waals surface area contributed by atoms with Crippen molar-refractivity contribution in [2.75, 3.05) is 13.2 Å². The highest BCUT2D eigenvalue weighted by Crippen LogP contribution is 2.43. The van der Waals surface area contributed by atoms with Gasteiger partial charge in [0.25, 0.3) is 5.91 Å². The Hall–Kier alpha value is -2.40. The maximum Gasteiger partial charge on any atom is 0.272 e. The van der Waals surface area contributed by atoms with Crippen LogP contribution in [0, 0.1) is 0 Å². The van der Waals surface area contributed by atoms with Gasteiger partial charge in [-0.05, 0) is 44.2 Å². The van der Waals surface area contributed by atoms with Crippen molar-refractivity contribution in [3.8, 4) is 5.88 Å². The molecule has 3 unspecified atom stereocenters. The number of benzene rings is 1. The summed E-state index contributed by atoms with van der Waals surface area (Å²) >= 11 is 0. The Morgan fingerprint density at radius 1 is 1.28 bits per heavy atom. The molecule has 2 aromatic rings. The van der Waals surface area contributed by atoms with Crippen LogP contribution in [0.5, 0.6) is 5.88 Å². The van der Waals surface area contributed by atoms with Crippen LogP contribution >= 0.6 is 0 Å². The van der Waals surface area contributed by atoms with Gasteiger partial charge in [-0.3, -0.25) is 4.79 Å². The van der Waals surface area contributed by atoms with Crippen molar-refractivity contribution in [3.05, 3.63) is 59.8 Å². The summed E-state index contributed by atoms with van der Waals surface area (Å²) in [4.78, 5) is 19.8. The van der Waals surface area contributed by atoms with Crippen LogP contribution in [0.3, 0.4) is 0 Å². The third-order valence-corrected chi connectivity index (χ3v) is 6.22. The molecule has 2 bridgehead atoms. The molecule has 0 aliphatic carbocycles. The van der Waals surface area contributed by atoms with E-state index in [-0.39, 0.29) is 23.7 Å². The lowest BCUT2D eigenvalue weighted by Gasteiger charge is -2.45. The number of hydrogen-bond donors (Lipinski definition) is 0. The second kappa shape index (κ2) is 8.54. The molecule has 0 saturated carbocycles. The summed E-state index contributed by atoms with van der Waals surface area (Å²) in [5.41, 5.74) is 1.40. The van der Waals surface area contributed by atoms with Crippen LogP contribution in [0.1, 0.15) is 62.0 Å². The minimum absolute atomic E-state index is 0.00633. The Labute approximate surface area is 173 Å². The average Bonchev–Trinajstić information content (AvgIpc) is 2.94. The Morgan fingerprint density at radius 2 is 2.10 bits per heavy atom. The van der Waals surface area contributed by atoms with Gasteiger partial charge in [0, 0.05) is 31.7 Å². The summed E-state index contributed by atoms with van der Waals surface area (Å²) in [7, 11) is 0. The Bertz CT molecular complexity index is 841. The first-order valence-electron chi connectivity index (χ1n) is 10.8. The topological polar surface area (TPSA) is 51.7 Å². The standard InChI is InChI=1S/C24H30N2O3/c1-3-18(2)29-22-13-7-12-21(25-22)23(27)26-15-14-24(19-9-5-4-6-10-19)17-20(26)11-8-16-28-24/h4-7,9-10,12-13,18,20H,3,8,11,14-17H2,1-2H3. The number of rotatable bonds is 5. The number of ether oxygens (including phenoxy) is 2. The van der Waals surface area contributed by atoms with Gasteiger partial charge in [-0.15, -0.1) is 0 Å². The molecule has 2 fully saturated rings. The van der Waals surface area contributed by atoms with Gasteiger partial charge in [0.2, 0.25) is 5.88 Å². The SMILES string of the molecule is CCC(C)Oc1cccc(C(=O)N2CCC3(c4ccccc4)CC2CCCO3)n1. The number of aromatic nitrogens is 1. The predicted molar refractivity (Wildman–Crippen MR) is 112 cm³/mol. The molecule has 0 spiro atoms. The highest BCUT2D eigenvalue weighted by molar-refractivity contribution is 5.92. The number of carbonyl (C=O) groups excluding carboxylic acids is 1. The normalized spacial score (nSPS) is 25.2. The fourth-order valence-electron chi connectivity index (χ4n) is 4.44. The molecule has 2 saturated heterocycles. The molecule has 154 valence electrons. The van der Waals surface area contributed by atoms with Crippen LogP contribution in [-0.2, 0) is 10.3 Å². The largest absolute Gasteiger partial charge is 0.475 e. The fourth-order valence-corrected chi connectivity index (χ4v) is 4.44. The van der Waals surface area contributed by atoms with Gasteiger partial charge in [0.15, 0.2) is 0 Å². The van der Waals surface area contributed by atoms with Crippen molar-refractivity contribution in [1.29, 1.82) is 0 Å². The number of likely N-dealkylation sites (tertiary alicyclic amines) is 1. The van der Waals surface area contributed by atoms with E-state index in [0.717, 1.165) is 38.7 Å². The summed E-state index contributed by atoms with van der Waals surface area (Å²) in [6, 6.07) is 16.1. The lowest BCUT2D eigenvalue weighted by atomic mass is 9.80. The van der Waals surface area contributed by atoms with Gasteiger partial charge in [-0.25, -0.2) is 4.98 Å².